The molecule has 3 atom stereocenters. The average Bonchev–Trinajstić information content (AvgIpc) is 2.35. The van der Waals surface area contributed by atoms with Gasteiger partial charge in [-0.15, -0.1) is 0 Å². The smallest absolute Gasteiger partial charge is 0.391 e. The molecule has 0 fully saturated rings. The first-order valence-electron chi connectivity index (χ1n) is 5.98. The predicted molar refractivity (Wildman–Crippen MR) is 71.5 cm³/mol. The second-order valence-electron chi connectivity index (χ2n) is 4.64. The molecule has 0 amide bonds. The van der Waals surface area contributed by atoms with Crippen molar-refractivity contribution in [2.24, 2.45) is 11.7 Å². The van der Waals surface area contributed by atoms with Crippen molar-refractivity contribution >= 4 is 15.9 Å². The zero-order chi connectivity index (χ0) is 14.8. The molecule has 6 heteroatoms. The van der Waals surface area contributed by atoms with Crippen molar-refractivity contribution in [1.82, 2.24) is 0 Å². The monoisotopic (exact) mass is 339 g/mol. The summed E-state index contributed by atoms with van der Waals surface area (Å²) in [5, 5.41) is 10.0. The fourth-order valence-corrected chi connectivity index (χ4v) is 2.27. The van der Waals surface area contributed by atoms with E-state index in [1.165, 1.54) is 6.07 Å². The molecule has 1 unspecified atom stereocenters. The molecule has 0 saturated heterocycles. The van der Waals surface area contributed by atoms with Crippen molar-refractivity contribution in [2.45, 2.75) is 38.6 Å². The number of aliphatic hydroxyl groups excluding tert-OH is 1. The Labute approximate surface area is 118 Å². The number of hydrogen-bond donors (Lipinski definition) is 2. The lowest BCUT2D eigenvalue weighted by atomic mass is 9.91. The number of alkyl halides is 3. The minimum absolute atomic E-state index is 0.0866. The lowest BCUT2D eigenvalue weighted by molar-refractivity contribution is -0.137. The lowest BCUT2D eigenvalue weighted by Gasteiger charge is -2.25. The number of halogens is 4. The van der Waals surface area contributed by atoms with Crippen molar-refractivity contribution in [3.63, 3.8) is 0 Å². The van der Waals surface area contributed by atoms with E-state index in [4.69, 9.17) is 5.73 Å². The molecule has 1 rings (SSSR count). The maximum Gasteiger partial charge on any atom is 0.416 e. The third kappa shape index (κ3) is 3.94. The van der Waals surface area contributed by atoms with Crippen molar-refractivity contribution < 1.29 is 18.3 Å². The van der Waals surface area contributed by atoms with E-state index in [9.17, 15) is 18.3 Å². The van der Waals surface area contributed by atoms with Crippen LogP contribution in [0.15, 0.2) is 22.7 Å². The molecule has 1 aromatic rings. The Balaban J connectivity index is 3.12. The summed E-state index contributed by atoms with van der Waals surface area (Å²) in [6.45, 7) is 3.70. The van der Waals surface area contributed by atoms with E-state index < -0.39 is 23.9 Å². The van der Waals surface area contributed by atoms with Gasteiger partial charge >= 0.3 is 6.18 Å². The highest BCUT2D eigenvalue weighted by atomic mass is 79.9. The molecule has 19 heavy (non-hydrogen) atoms. The van der Waals surface area contributed by atoms with Crippen molar-refractivity contribution in [3.8, 4) is 0 Å². The molecule has 1 aromatic carbocycles. The summed E-state index contributed by atoms with van der Waals surface area (Å²) in [4.78, 5) is 0. The van der Waals surface area contributed by atoms with Gasteiger partial charge < -0.3 is 10.8 Å². The standard InChI is InChI=1S/C13H17BrF3NO/c1-3-7(2)12(19)11(18)9-6-8(13(15,16)17)4-5-10(9)14/h4-7,11-12,19H,3,18H2,1-2H3/t7?,11-,12+/m0/s1. The number of nitrogens with two attached hydrogens (primary N) is 1. The topological polar surface area (TPSA) is 46.2 Å². The van der Waals surface area contributed by atoms with Gasteiger partial charge in [0.2, 0.25) is 0 Å². The molecule has 0 aliphatic heterocycles. The molecule has 0 heterocycles. The Morgan fingerprint density at radius 2 is 1.95 bits per heavy atom. The maximum absolute atomic E-state index is 12.7. The molecular weight excluding hydrogens is 323 g/mol. The van der Waals surface area contributed by atoms with E-state index in [1.54, 1.807) is 0 Å². The zero-order valence-electron chi connectivity index (χ0n) is 10.7. The largest absolute Gasteiger partial charge is 0.416 e. The third-order valence-corrected chi connectivity index (χ3v) is 4.00. The summed E-state index contributed by atoms with van der Waals surface area (Å²) < 4.78 is 38.5. The van der Waals surface area contributed by atoms with Gasteiger partial charge in [-0.25, -0.2) is 0 Å². The SMILES string of the molecule is CCC(C)[C@@H](O)[C@@H](N)c1cc(C(F)(F)F)ccc1Br. The molecule has 0 radical (unpaired) electrons. The van der Waals surface area contributed by atoms with Crippen LogP contribution in [-0.2, 0) is 6.18 Å². The molecule has 0 aliphatic rings. The Morgan fingerprint density at radius 1 is 1.37 bits per heavy atom. The number of hydrogen-bond acceptors (Lipinski definition) is 2. The number of rotatable bonds is 4. The summed E-state index contributed by atoms with van der Waals surface area (Å²) in [6.07, 6.45) is -4.60. The third-order valence-electron chi connectivity index (χ3n) is 3.28. The highest BCUT2D eigenvalue weighted by Crippen LogP contribution is 2.35. The molecule has 0 aromatic heterocycles. The van der Waals surface area contributed by atoms with Crippen LogP contribution in [0.3, 0.4) is 0 Å². The van der Waals surface area contributed by atoms with Crippen LogP contribution in [0.4, 0.5) is 13.2 Å². The fourth-order valence-electron chi connectivity index (χ4n) is 1.75. The summed E-state index contributed by atoms with van der Waals surface area (Å²) in [7, 11) is 0. The Hall–Kier alpha value is -0.590. The van der Waals surface area contributed by atoms with Crippen LogP contribution in [-0.4, -0.2) is 11.2 Å². The van der Waals surface area contributed by atoms with Crippen LogP contribution in [0.5, 0.6) is 0 Å². The summed E-state index contributed by atoms with van der Waals surface area (Å²) in [6, 6.07) is 2.42. The minimum Gasteiger partial charge on any atom is -0.391 e. The van der Waals surface area contributed by atoms with Gasteiger partial charge in [0.15, 0.2) is 0 Å². The van der Waals surface area contributed by atoms with Crippen LogP contribution in [0.2, 0.25) is 0 Å². The Morgan fingerprint density at radius 3 is 2.42 bits per heavy atom. The van der Waals surface area contributed by atoms with Crippen LogP contribution in [0, 0.1) is 5.92 Å². The van der Waals surface area contributed by atoms with Gasteiger partial charge in [-0.1, -0.05) is 36.2 Å². The van der Waals surface area contributed by atoms with Gasteiger partial charge in [0.05, 0.1) is 17.7 Å². The van der Waals surface area contributed by atoms with Gasteiger partial charge in [0, 0.05) is 4.47 Å². The Kier molecular flexibility index (Phi) is 5.41. The van der Waals surface area contributed by atoms with Gasteiger partial charge in [-0.2, -0.15) is 13.2 Å². The highest BCUT2D eigenvalue weighted by Gasteiger charge is 2.32. The molecule has 0 saturated carbocycles. The zero-order valence-corrected chi connectivity index (χ0v) is 12.3. The summed E-state index contributed by atoms with van der Waals surface area (Å²) >= 11 is 3.18. The molecular formula is C13H17BrF3NO. The van der Waals surface area contributed by atoms with Gasteiger partial charge in [0.1, 0.15) is 0 Å². The summed E-state index contributed by atoms with van der Waals surface area (Å²) in [5.74, 6) is -0.0866. The average molecular weight is 340 g/mol. The van der Waals surface area contributed by atoms with Crippen molar-refractivity contribution in [3.05, 3.63) is 33.8 Å². The number of aliphatic hydroxyl groups is 1. The Bertz CT molecular complexity index is 436. The first-order valence-corrected chi connectivity index (χ1v) is 6.78. The predicted octanol–water partition coefficient (Wildman–Crippen LogP) is 3.87. The first kappa shape index (κ1) is 16.5. The number of benzene rings is 1. The lowest BCUT2D eigenvalue weighted by Crippen LogP contribution is -2.32. The van der Waals surface area contributed by atoms with Crippen molar-refractivity contribution in [1.29, 1.82) is 0 Å². The second-order valence-corrected chi connectivity index (χ2v) is 5.49. The quantitative estimate of drug-likeness (QED) is 0.874. The van der Waals surface area contributed by atoms with Crippen LogP contribution in [0.1, 0.15) is 37.4 Å². The van der Waals surface area contributed by atoms with Gasteiger partial charge in [-0.3, -0.25) is 0 Å². The van der Waals surface area contributed by atoms with E-state index >= 15 is 0 Å². The van der Waals surface area contributed by atoms with Crippen LogP contribution in [0.25, 0.3) is 0 Å². The van der Waals surface area contributed by atoms with Gasteiger partial charge in [-0.05, 0) is 29.7 Å². The highest BCUT2D eigenvalue weighted by molar-refractivity contribution is 9.10. The minimum atomic E-state index is -4.42. The molecule has 0 bridgehead atoms. The van der Waals surface area contributed by atoms with Crippen LogP contribution < -0.4 is 5.73 Å². The molecule has 2 nitrogen and oxygen atoms in total. The summed E-state index contributed by atoms with van der Waals surface area (Å²) in [5.41, 5.74) is 5.38. The normalized spacial score (nSPS) is 17.1. The molecule has 0 spiro atoms. The first-order chi connectivity index (χ1) is 8.68. The molecule has 3 N–H and O–H groups in total. The van der Waals surface area contributed by atoms with E-state index in [-0.39, 0.29) is 11.5 Å². The second kappa shape index (κ2) is 6.24. The van der Waals surface area contributed by atoms with Crippen LogP contribution >= 0.6 is 15.9 Å². The van der Waals surface area contributed by atoms with E-state index in [0.29, 0.717) is 10.9 Å². The van der Waals surface area contributed by atoms with E-state index in [2.05, 4.69) is 15.9 Å². The van der Waals surface area contributed by atoms with E-state index in [0.717, 1.165) is 12.1 Å². The molecule has 0 aliphatic carbocycles. The van der Waals surface area contributed by atoms with E-state index in [1.807, 2.05) is 13.8 Å². The molecule has 108 valence electrons. The van der Waals surface area contributed by atoms with Crippen molar-refractivity contribution in [2.75, 3.05) is 0 Å². The van der Waals surface area contributed by atoms with Gasteiger partial charge in [0.25, 0.3) is 0 Å². The fraction of sp³-hybridized carbons (Fsp3) is 0.538. The maximum atomic E-state index is 12.7.